The second-order valence-electron chi connectivity index (χ2n) is 5.23. The summed E-state index contributed by atoms with van der Waals surface area (Å²) in [7, 11) is 0. The Labute approximate surface area is 156 Å². The van der Waals surface area contributed by atoms with Crippen LogP contribution in [0.3, 0.4) is 0 Å². The zero-order valence-corrected chi connectivity index (χ0v) is 16.2. The Morgan fingerprint density at radius 3 is 2.29 bits per heavy atom. The van der Waals surface area contributed by atoms with Crippen LogP contribution < -0.4 is 9.78 Å². The number of anilines is 1. The van der Waals surface area contributed by atoms with E-state index >= 15 is 0 Å². The van der Waals surface area contributed by atoms with Crippen molar-refractivity contribution in [3.8, 4) is 0 Å². The van der Waals surface area contributed by atoms with Gasteiger partial charge < -0.3 is 0 Å². The number of carbonyl (C=O) groups excluding carboxylic acids is 1. The maximum atomic E-state index is 12.6. The van der Waals surface area contributed by atoms with E-state index in [2.05, 4.69) is 51.6 Å². The molecule has 3 aromatic carbocycles. The Morgan fingerprint density at radius 2 is 1.54 bits per heavy atom. The van der Waals surface area contributed by atoms with E-state index < -0.39 is 0 Å². The third-order valence-corrected chi connectivity index (χ3v) is 6.40. The van der Waals surface area contributed by atoms with Crippen molar-refractivity contribution < 1.29 is 4.79 Å². The zero-order valence-electron chi connectivity index (χ0n) is 12.9. The monoisotopic (exact) mass is 445 g/mol. The topological polar surface area (TPSA) is 29.1 Å². The molecule has 3 rings (SSSR count). The van der Waals surface area contributed by atoms with Crippen LogP contribution in [0.4, 0.5) is 5.69 Å². The molecule has 0 aromatic heterocycles. The van der Waals surface area contributed by atoms with E-state index in [0.717, 1.165) is 25.5 Å². The second kappa shape index (κ2) is 8.29. The van der Waals surface area contributed by atoms with Crippen LogP contribution in [0.15, 0.2) is 83.3 Å². The molecule has 0 bridgehead atoms. The van der Waals surface area contributed by atoms with Crippen LogP contribution in [0.1, 0.15) is 15.9 Å². The van der Waals surface area contributed by atoms with Crippen LogP contribution in [-0.2, 0) is 5.32 Å². The van der Waals surface area contributed by atoms with E-state index in [-0.39, 0.29) is 20.9 Å². The van der Waals surface area contributed by atoms with Gasteiger partial charge in [-0.25, -0.2) is 0 Å². The van der Waals surface area contributed by atoms with Crippen LogP contribution in [-0.4, -0.2) is 20.9 Å². The summed E-state index contributed by atoms with van der Waals surface area (Å²) in [5, 5.41) is 3.94. The van der Waals surface area contributed by atoms with Crippen molar-refractivity contribution in [1.82, 2.24) is 0 Å². The molecule has 0 aliphatic rings. The van der Waals surface area contributed by atoms with Gasteiger partial charge in [-0.15, -0.1) is 0 Å². The van der Waals surface area contributed by atoms with Gasteiger partial charge >= 0.3 is 157 Å². The molecule has 0 atom stereocenters. The Kier molecular flexibility index (Phi) is 5.86. The van der Waals surface area contributed by atoms with Gasteiger partial charge in [0, 0.05) is 0 Å². The van der Waals surface area contributed by atoms with Crippen molar-refractivity contribution in [2.45, 2.75) is 5.32 Å². The van der Waals surface area contributed by atoms with Crippen molar-refractivity contribution in [3.63, 3.8) is 0 Å². The summed E-state index contributed by atoms with van der Waals surface area (Å²) in [5.41, 5.74) is 2.87. The summed E-state index contributed by atoms with van der Waals surface area (Å²) in [6.45, 7) is 0. The van der Waals surface area contributed by atoms with Gasteiger partial charge in [-0.1, -0.05) is 0 Å². The molecule has 0 unspecified atom stereocenters. The molecule has 2 nitrogen and oxygen atoms in total. The zero-order chi connectivity index (χ0) is 16.8. The fourth-order valence-electron chi connectivity index (χ4n) is 2.24. The molecule has 0 radical (unpaired) electrons. The van der Waals surface area contributed by atoms with Gasteiger partial charge in [0.25, 0.3) is 0 Å². The normalized spacial score (nSPS) is 10.4. The van der Waals surface area contributed by atoms with Crippen molar-refractivity contribution in [2.75, 3.05) is 5.32 Å². The van der Waals surface area contributed by atoms with Gasteiger partial charge in [-0.05, 0) is 0 Å². The first-order valence-corrected chi connectivity index (χ1v) is 10.4. The fourth-order valence-corrected chi connectivity index (χ4v) is 4.62. The van der Waals surface area contributed by atoms with Crippen molar-refractivity contribution in [1.29, 1.82) is 0 Å². The standard InChI is InChI=1S/C20H16BrNOSe/c21-16-12-10-15(11-13-16)14-24-19-9-5-4-8-18(19)20(23)22-17-6-2-1-3-7-17/h1-13H,14H2,(H,22,23). The van der Waals surface area contributed by atoms with Gasteiger partial charge in [0.05, 0.1) is 0 Å². The molecule has 120 valence electrons. The van der Waals surface area contributed by atoms with Gasteiger partial charge in [0.2, 0.25) is 0 Å². The summed E-state index contributed by atoms with van der Waals surface area (Å²) in [6.07, 6.45) is 0. The third kappa shape index (κ3) is 4.57. The van der Waals surface area contributed by atoms with Gasteiger partial charge in [-0.2, -0.15) is 0 Å². The molecule has 4 heteroatoms. The fraction of sp³-hybridized carbons (Fsp3) is 0.0500. The molecule has 24 heavy (non-hydrogen) atoms. The maximum absolute atomic E-state index is 12.6. The summed E-state index contributed by atoms with van der Waals surface area (Å²) in [5.74, 6) is -0.0468. The molecular weight excluding hydrogens is 429 g/mol. The van der Waals surface area contributed by atoms with Gasteiger partial charge in [-0.3, -0.25) is 0 Å². The predicted molar refractivity (Wildman–Crippen MR) is 104 cm³/mol. The molecule has 1 N–H and O–H groups in total. The van der Waals surface area contributed by atoms with Crippen LogP contribution in [0, 0.1) is 0 Å². The SMILES string of the molecule is O=C(Nc1ccccc1)c1ccccc1[Se]Cc1ccc(Br)cc1. The molecule has 0 saturated heterocycles. The van der Waals surface area contributed by atoms with Gasteiger partial charge in [0.15, 0.2) is 0 Å². The number of nitrogens with one attached hydrogen (secondary N) is 1. The first-order chi connectivity index (χ1) is 11.7. The second-order valence-corrected chi connectivity index (χ2v) is 8.28. The third-order valence-electron chi connectivity index (χ3n) is 3.47. The van der Waals surface area contributed by atoms with E-state index in [1.165, 1.54) is 5.56 Å². The number of carbonyl (C=O) groups is 1. The van der Waals surface area contributed by atoms with Crippen LogP contribution >= 0.6 is 15.9 Å². The van der Waals surface area contributed by atoms with Gasteiger partial charge in [0.1, 0.15) is 0 Å². The summed E-state index contributed by atoms with van der Waals surface area (Å²) in [4.78, 5) is 12.6. The average molecular weight is 445 g/mol. The quantitative estimate of drug-likeness (QED) is 0.586. The Bertz CT molecular complexity index is 819. The molecule has 0 aliphatic heterocycles. The Balaban J connectivity index is 1.72. The molecule has 0 aliphatic carbocycles. The van der Waals surface area contributed by atoms with Crippen LogP contribution in [0.2, 0.25) is 0 Å². The Morgan fingerprint density at radius 1 is 0.875 bits per heavy atom. The van der Waals surface area contributed by atoms with Crippen LogP contribution in [0.25, 0.3) is 0 Å². The summed E-state index contributed by atoms with van der Waals surface area (Å²) in [6, 6.07) is 25.8. The number of hydrogen-bond donors (Lipinski definition) is 1. The van der Waals surface area contributed by atoms with E-state index in [9.17, 15) is 4.79 Å². The first-order valence-electron chi connectivity index (χ1n) is 7.55. The van der Waals surface area contributed by atoms with E-state index in [1.807, 2.05) is 48.5 Å². The predicted octanol–water partition coefficient (Wildman–Crippen LogP) is 4.23. The first kappa shape index (κ1) is 17.0. The number of halogens is 1. The van der Waals surface area contributed by atoms with Crippen molar-refractivity contribution >= 4 is 46.9 Å². The van der Waals surface area contributed by atoms with E-state index in [0.29, 0.717) is 0 Å². The molecule has 0 saturated carbocycles. The minimum atomic E-state index is -0.0468. The number of para-hydroxylation sites is 1. The van der Waals surface area contributed by atoms with E-state index in [1.54, 1.807) is 0 Å². The van der Waals surface area contributed by atoms with Crippen LogP contribution in [0.5, 0.6) is 0 Å². The summed E-state index contributed by atoms with van der Waals surface area (Å²) >= 11 is 3.66. The molecule has 0 fully saturated rings. The average Bonchev–Trinajstić information content (AvgIpc) is 2.62. The number of rotatable bonds is 5. The number of benzene rings is 3. The van der Waals surface area contributed by atoms with E-state index in [4.69, 9.17) is 0 Å². The van der Waals surface area contributed by atoms with Crippen molar-refractivity contribution in [2.24, 2.45) is 0 Å². The van der Waals surface area contributed by atoms with Crippen molar-refractivity contribution in [3.05, 3.63) is 94.5 Å². The number of amides is 1. The Hall–Kier alpha value is -1.87. The molecule has 0 heterocycles. The molecule has 0 spiro atoms. The summed E-state index contributed by atoms with van der Waals surface area (Å²) < 4.78 is 2.21. The molecule has 3 aromatic rings. The molecular formula is C20H16BrNOSe. The minimum absolute atomic E-state index is 0.0468. The molecule has 1 amide bonds. The number of hydrogen-bond acceptors (Lipinski definition) is 1.